The number of aromatic nitrogens is 1. The van der Waals surface area contributed by atoms with E-state index in [2.05, 4.69) is 53.5 Å². The molecule has 172 valence electrons. The van der Waals surface area contributed by atoms with Gasteiger partial charge in [0.05, 0.1) is 0 Å². The van der Waals surface area contributed by atoms with E-state index in [1.165, 1.54) is 10.9 Å². The molecule has 2 saturated carbocycles. The van der Waals surface area contributed by atoms with E-state index in [4.69, 9.17) is 4.99 Å². The van der Waals surface area contributed by atoms with Gasteiger partial charge in [-0.15, -0.1) is 0 Å². The maximum Gasteiger partial charge on any atom is 0.256 e. The number of benzene rings is 2. The fraction of sp³-hybridized carbons (Fsp3) is 0.393. The SMILES string of the molecule is O=C(C1CC1)N1CCC(CN2C(=O)C3(CC3)N=C2c2ccc(-c3ccc4[nH]ccc4c3)cc2)C1. The highest BCUT2D eigenvalue weighted by molar-refractivity contribution is 6.16. The average Bonchev–Trinajstić information content (AvgIpc) is 3.74. The lowest BCUT2D eigenvalue weighted by Gasteiger charge is -2.23. The van der Waals surface area contributed by atoms with E-state index < -0.39 is 5.54 Å². The Morgan fingerprint density at radius 2 is 1.76 bits per heavy atom. The van der Waals surface area contributed by atoms with Crippen LogP contribution in [-0.4, -0.2) is 57.6 Å². The number of H-pyrrole nitrogens is 1. The van der Waals surface area contributed by atoms with Crippen LogP contribution in [0.2, 0.25) is 0 Å². The molecule has 4 aliphatic rings. The molecule has 2 aromatic carbocycles. The molecule has 1 saturated heterocycles. The largest absolute Gasteiger partial charge is 0.361 e. The molecule has 7 rings (SSSR count). The molecular formula is C28H28N4O2. The van der Waals surface area contributed by atoms with Gasteiger partial charge < -0.3 is 9.88 Å². The zero-order chi connectivity index (χ0) is 22.9. The third-order valence-corrected chi connectivity index (χ3v) is 7.94. The summed E-state index contributed by atoms with van der Waals surface area (Å²) < 4.78 is 0. The summed E-state index contributed by atoms with van der Waals surface area (Å²) in [7, 11) is 0. The summed E-state index contributed by atoms with van der Waals surface area (Å²) in [6.07, 6.45) is 6.69. The van der Waals surface area contributed by atoms with Gasteiger partial charge in [-0.25, -0.2) is 0 Å². The van der Waals surface area contributed by atoms with Gasteiger partial charge in [0.1, 0.15) is 11.4 Å². The molecule has 2 aliphatic carbocycles. The van der Waals surface area contributed by atoms with Crippen molar-refractivity contribution in [3.63, 3.8) is 0 Å². The van der Waals surface area contributed by atoms with Gasteiger partial charge in [-0.1, -0.05) is 30.3 Å². The third kappa shape index (κ3) is 3.27. The normalized spacial score (nSPS) is 23.2. The van der Waals surface area contributed by atoms with Crippen LogP contribution in [-0.2, 0) is 9.59 Å². The van der Waals surface area contributed by atoms with Gasteiger partial charge in [-0.3, -0.25) is 19.5 Å². The van der Waals surface area contributed by atoms with Crippen molar-refractivity contribution in [2.24, 2.45) is 16.8 Å². The fourth-order valence-electron chi connectivity index (χ4n) is 5.57. The smallest absolute Gasteiger partial charge is 0.256 e. The topological polar surface area (TPSA) is 68.8 Å². The third-order valence-electron chi connectivity index (χ3n) is 7.94. The van der Waals surface area contributed by atoms with Crippen LogP contribution in [0.5, 0.6) is 0 Å². The Labute approximate surface area is 198 Å². The molecule has 1 aromatic heterocycles. The number of hydrogen-bond acceptors (Lipinski definition) is 3. The van der Waals surface area contributed by atoms with E-state index in [0.29, 0.717) is 18.4 Å². The lowest BCUT2D eigenvalue weighted by Crippen LogP contribution is -2.40. The molecule has 3 heterocycles. The highest BCUT2D eigenvalue weighted by atomic mass is 16.2. The number of carbonyl (C=O) groups is 2. The number of likely N-dealkylation sites (tertiary alicyclic amines) is 1. The number of amidine groups is 1. The Kier molecular flexibility index (Phi) is 4.29. The van der Waals surface area contributed by atoms with Crippen LogP contribution in [0, 0.1) is 11.8 Å². The van der Waals surface area contributed by atoms with Crippen molar-refractivity contribution in [1.82, 2.24) is 14.8 Å². The van der Waals surface area contributed by atoms with Crippen molar-refractivity contribution in [1.29, 1.82) is 0 Å². The summed E-state index contributed by atoms with van der Waals surface area (Å²) in [5.41, 5.74) is 3.93. The van der Waals surface area contributed by atoms with Crippen molar-refractivity contribution in [3.05, 3.63) is 60.3 Å². The number of amides is 2. The number of aliphatic imine (C=N–C) groups is 1. The average molecular weight is 453 g/mol. The van der Waals surface area contributed by atoms with Crippen molar-refractivity contribution < 1.29 is 9.59 Å². The highest BCUT2D eigenvalue weighted by Gasteiger charge is 2.57. The van der Waals surface area contributed by atoms with Gasteiger partial charge >= 0.3 is 0 Å². The molecular weight excluding hydrogens is 424 g/mol. The Balaban J connectivity index is 1.12. The maximum atomic E-state index is 13.3. The van der Waals surface area contributed by atoms with Gasteiger partial charge in [0.25, 0.3) is 5.91 Å². The standard InChI is InChI=1S/C28H28N4O2/c33-26(21-5-6-21)31-14-10-18(16-31)17-32-25(30-28(11-12-28)27(32)34)20-3-1-19(2-4-20)22-7-8-24-23(15-22)9-13-29-24/h1-4,7-9,13,15,18,21,29H,5-6,10-12,14,16-17H2. The quantitative estimate of drug-likeness (QED) is 0.630. The van der Waals surface area contributed by atoms with Gasteiger partial charge in [-0.2, -0.15) is 0 Å². The zero-order valence-corrected chi connectivity index (χ0v) is 19.2. The number of nitrogens with zero attached hydrogens (tertiary/aromatic N) is 3. The van der Waals surface area contributed by atoms with Crippen molar-refractivity contribution >= 4 is 28.6 Å². The van der Waals surface area contributed by atoms with Gasteiger partial charge in [-0.05, 0) is 72.7 Å². The van der Waals surface area contributed by atoms with Gasteiger partial charge in [0.15, 0.2) is 0 Å². The molecule has 6 heteroatoms. The van der Waals surface area contributed by atoms with Crippen LogP contribution < -0.4 is 0 Å². The molecule has 2 aliphatic heterocycles. The Bertz CT molecular complexity index is 1330. The van der Waals surface area contributed by atoms with Crippen LogP contribution in [0.4, 0.5) is 0 Å². The molecule has 34 heavy (non-hydrogen) atoms. The monoisotopic (exact) mass is 452 g/mol. The van der Waals surface area contributed by atoms with Crippen molar-refractivity contribution in [3.8, 4) is 11.1 Å². The maximum absolute atomic E-state index is 13.3. The fourth-order valence-corrected chi connectivity index (χ4v) is 5.57. The first-order valence-electron chi connectivity index (χ1n) is 12.5. The van der Waals surface area contributed by atoms with Crippen molar-refractivity contribution in [2.45, 2.75) is 37.6 Å². The predicted molar refractivity (Wildman–Crippen MR) is 131 cm³/mol. The van der Waals surface area contributed by atoms with E-state index >= 15 is 0 Å². The van der Waals surface area contributed by atoms with Crippen LogP contribution in [0.1, 0.15) is 37.7 Å². The molecule has 1 atom stereocenters. The predicted octanol–water partition coefficient (Wildman–Crippen LogP) is 4.21. The van der Waals surface area contributed by atoms with Crippen LogP contribution in [0.3, 0.4) is 0 Å². The number of nitrogens with one attached hydrogen (secondary N) is 1. The van der Waals surface area contributed by atoms with Crippen LogP contribution in [0.15, 0.2) is 59.7 Å². The summed E-state index contributed by atoms with van der Waals surface area (Å²) in [5, 5.41) is 1.19. The molecule has 1 spiro atoms. The molecule has 2 amide bonds. The van der Waals surface area contributed by atoms with E-state index in [1.54, 1.807) is 0 Å². The molecule has 0 radical (unpaired) electrons. The minimum atomic E-state index is -0.518. The van der Waals surface area contributed by atoms with Crippen LogP contribution >= 0.6 is 0 Å². The lowest BCUT2D eigenvalue weighted by molar-refractivity contribution is -0.131. The van der Waals surface area contributed by atoms with Gasteiger partial charge in [0, 0.05) is 42.8 Å². The van der Waals surface area contributed by atoms with Crippen LogP contribution in [0.25, 0.3) is 22.0 Å². The van der Waals surface area contributed by atoms with E-state index in [0.717, 1.165) is 67.7 Å². The van der Waals surface area contributed by atoms with E-state index in [1.807, 2.05) is 16.0 Å². The van der Waals surface area contributed by atoms with E-state index in [-0.39, 0.29) is 11.8 Å². The second kappa shape index (κ2) is 7.29. The first-order valence-corrected chi connectivity index (χ1v) is 12.5. The zero-order valence-electron chi connectivity index (χ0n) is 19.2. The second-order valence-electron chi connectivity index (χ2n) is 10.5. The van der Waals surface area contributed by atoms with Crippen molar-refractivity contribution in [2.75, 3.05) is 19.6 Å². The highest BCUT2D eigenvalue weighted by Crippen LogP contribution is 2.46. The number of rotatable bonds is 5. The summed E-state index contributed by atoms with van der Waals surface area (Å²) in [4.78, 5) is 37.9. The molecule has 6 nitrogen and oxygen atoms in total. The molecule has 1 N–H and O–H groups in total. The number of carbonyl (C=O) groups excluding carboxylic acids is 2. The summed E-state index contributed by atoms with van der Waals surface area (Å²) in [5.74, 6) is 1.85. The van der Waals surface area contributed by atoms with E-state index in [9.17, 15) is 9.59 Å². The Morgan fingerprint density at radius 1 is 1.00 bits per heavy atom. The first-order chi connectivity index (χ1) is 16.6. The first kappa shape index (κ1) is 20.0. The lowest BCUT2D eigenvalue weighted by atomic mass is 10.0. The summed E-state index contributed by atoms with van der Waals surface area (Å²) >= 11 is 0. The summed E-state index contributed by atoms with van der Waals surface area (Å²) in [6.45, 7) is 2.24. The Hall–Kier alpha value is -3.41. The van der Waals surface area contributed by atoms with Gasteiger partial charge in [0.2, 0.25) is 5.91 Å². The minimum Gasteiger partial charge on any atom is -0.361 e. The minimum absolute atomic E-state index is 0.149. The number of hydrogen-bond donors (Lipinski definition) is 1. The number of aromatic amines is 1. The molecule has 1 unspecified atom stereocenters. The molecule has 0 bridgehead atoms. The molecule has 3 aromatic rings. The Morgan fingerprint density at radius 3 is 2.53 bits per heavy atom. The summed E-state index contributed by atoms with van der Waals surface area (Å²) in [6, 6.07) is 16.9. The number of fused-ring (bicyclic) bond motifs is 1. The molecule has 3 fully saturated rings. The second-order valence-corrected chi connectivity index (χ2v) is 10.5.